The van der Waals surface area contributed by atoms with Crippen molar-refractivity contribution in [3.63, 3.8) is 0 Å². The summed E-state index contributed by atoms with van der Waals surface area (Å²) in [5, 5.41) is 6.15. The zero-order chi connectivity index (χ0) is 14.9. The van der Waals surface area contributed by atoms with Crippen molar-refractivity contribution in [2.75, 3.05) is 13.1 Å². The number of thiophene rings is 1. The molecule has 0 bridgehead atoms. The molecule has 5 nitrogen and oxygen atoms in total. The molecular weight excluding hydrogens is 326 g/mol. The highest BCUT2D eigenvalue weighted by molar-refractivity contribution is 7.91. The second kappa shape index (κ2) is 6.13. The van der Waals surface area contributed by atoms with Crippen LogP contribution < -0.4 is 10.0 Å². The first kappa shape index (κ1) is 15.1. The zero-order valence-corrected chi connectivity index (χ0v) is 14.1. The van der Waals surface area contributed by atoms with E-state index in [-0.39, 0.29) is 6.04 Å². The Labute approximate surface area is 132 Å². The van der Waals surface area contributed by atoms with E-state index < -0.39 is 10.0 Å². The second-order valence-corrected chi connectivity index (χ2v) is 9.12. The van der Waals surface area contributed by atoms with Crippen LogP contribution >= 0.6 is 22.7 Å². The molecule has 21 heavy (non-hydrogen) atoms. The highest BCUT2D eigenvalue weighted by Crippen LogP contribution is 2.31. The molecule has 0 aromatic carbocycles. The minimum Gasteiger partial charge on any atom is -0.315 e. The summed E-state index contributed by atoms with van der Waals surface area (Å²) in [5.41, 5.74) is 0.850. The number of aromatic nitrogens is 1. The van der Waals surface area contributed by atoms with Crippen molar-refractivity contribution in [2.24, 2.45) is 0 Å². The van der Waals surface area contributed by atoms with Crippen molar-refractivity contribution in [1.82, 2.24) is 15.0 Å². The first-order valence-electron chi connectivity index (χ1n) is 6.80. The van der Waals surface area contributed by atoms with E-state index in [4.69, 9.17) is 0 Å². The first-order chi connectivity index (χ1) is 10.0. The highest BCUT2D eigenvalue weighted by Gasteiger charge is 2.23. The molecule has 1 saturated heterocycles. The maximum atomic E-state index is 12.4. The van der Waals surface area contributed by atoms with Gasteiger partial charge in [-0.15, -0.1) is 22.7 Å². The zero-order valence-electron chi connectivity index (χ0n) is 11.6. The van der Waals surface area contributed by atoms with Gasteiger partial charge in [-0.25, -0.2) is 18.1 Å². The Kier molecular flexibility index (Phi) is 4.41. The highest BCUT2D eigenvalue weighted by atomic mass is 32.2. The molecule has 8 heteroatoms. The minimum absolute atomic E-state index is 0.0178. The van der Waals surface area contributed by atoms with E-state index in [0.717, 1.165) is 35.0 Å². The van der Waals surface area contributed by atoms with E-state index in [1.54, 1.807) is 17.4 Å². The quantitative estimate of drug-likeness (QED) is 0.893. The third-order valence-corrected chi connectivity index (χ3v) is 7.23. The Bertz CT molecular complexity index is 715. The maximum absolute atomic E-state index is 12.4. The monoisotopic (exact) mass is 343 g/mol. The summed E-state index contributed by atoms with van der Waals surface area (Å²) in [6.45, 7) is 3.60. The molecule has 2 aromatic heterocycles. The van der Waals surface area contributed by atoms with Gasteiger partial charge in [0.05, 0.1) is 15.6 Å². The van der Waals surface area contributed by atoms with Gasteiger partial charge in [-0.2, -0.15) is 0 Å². The van der Waals surface area contributed by atoms with Crippen LogP contribution in [0.1, 0.15) is 17.8 Å². The molecular formula is C13H17N3O2S3. The smallest absolute Gasteiger partial charge is 0.250 e. The number of thiazole rings is 1. The summed E-state index contributed by atoms with van der Waals surface area (Å²) in [7, 11) is -3.44. The Morgan fingerprint density at radius 2 is 2.29 bits per heavy atom. The van der Waals surface area contributed by atoms with Gasteiger partial charge in [0, 0.05) is 18.0 Å². The molecule has 3 heterocycles. The Morgan fingerprint density at radius 3 is 2.95 bits per heavy atom. The topological polar surface area (TPSA) is 71.1 Å². The van der Waals surface area contributed by atoms with Gasteiger partial charge in [-0.05, 0) is 38.4 Å². The third kappa shape index (κ3) is 3.51. The van der Waals surface area contributed by atoms with Gasteiger partial charge in [0.15, 0.2) is 0 Å². The van der Waals surface area contributed by atoms with Crippen LogP contribution in [0.2, 0.25) is 0 Å². The van der Waals surface area contributed by atoms with Gasteiger partial charge >= 0.3 is 0 Å². The van der Waals surface area contributed by atoms with Crippen LogP contribution in [-0.4, -0.2) is 32.5 Å². The van der Waals surface area contributed by atoms with Gasteiger partial charge < -0.3 is 5.32 Å². The molecule has 2 N–H and O–H groups in total. The van der Waals surface area contributed by atoms with Crippen molar-refractivity contribution in [1.29, 1.82) is 0 Å². The molecule has 114 valence electrons. The summed E-state index contributed by atoms with van der Waals surface area (Å²) < 4.78 is 27.9. The number of piperidine rings is 1. The van der Waals surface area contributed by atoms with E-state index in [1.165, 1.54) is 11.3 Å². The molecule has 1 atom stereocenters. The molecule has 0 spiro atoms. The summed E-state index contributed by atoms with van der Waals surface area (Å²) in [6.07, 6.45) is 1.89. The van der Waals surface area contributed by atoms with E-state index in [9.17, 15) is 8.42 Å². The van der Waals surface area contributed by atoms with E-state index in [1.807, 2.05) is 18.4 Å². The summed E-state index contributed by atoms with van der Waals surface area (Å²) in [6, 6.07) is 3.47. The van der Waals surface area contributed by atoms with Crippen molar-refractivity contribution in [2.45, 2.75) is 30.0 Å². The molecule has 0 saturated carbocycles. The van der Waals surface area contributed by atoms with Crippen LogP contribution in [-0.2, 0) is 10.0 Å². The summed E-state index contributed by atoms with van der Waals surface area (Å²) in [5.74, 6) is 0. The lowest BCUT2D eigenvalue weighted by molar-refractivity contribution is 0.429. The average Bonchev–Trinajstić information content (AvgIpc) is 3.08. The Balaban J connectivity index is 1.78. The average molecular weight is 343 g/mol. The standard InChI is InChI=1S/C13H17N3O2S3/c1-9-15-11(8-19-9)12-4-5-13(20-12)21(17,18)16-10-3-2-6-14-7-10/h4-5,8,10,14,16H,2-3,6-7H2,1H3. The maximum Gasteiger partial charge on any atom is 0.250 e. The molecule has 0 aliphatic carbocycles. The number of hydrogen-bond donors (Lipinski definition) is 2. The fraction of sp³-hybridized carbons (Fsp3) is 0.462. The number of rotatable bonds is 4. The van der Waals surface area contributed by atoms with Crippen molar-refractivity contribution >= 4 is 32.7 Å². The van der Waals surface area contributed by atoms with Crippen LogP contribution in [0.15, 0.2) is 21.7 Å². The predicted molar refractivity (Wildman–Crippen MR) is 86.4 cm³/mol. The van der Waals surface area contributed by atoms with Gasteiger partial charge in [0.25, 0.3) is 0 Å². The van der Waals surface area contributed by atoms with Gasteiger partial charge in [-0.3, -0.25) is 0 Å². The van der Waals surface area contributed by atoms with Crippen LogP contribution in [0.4, 0.5) is 0 Å². The largest absolute Gasteiger partial charge is 0.315 e. The lowest BCUT2D eigenvalue weighted by atomic mass is 10.1. The summed E-state index contributed by atoms with van der Waals surface area (Å²) >= 11 is 2.83. The first-order valence-corrected chi connectivity index (χ1v) is 9.98. The lowest BCUT2D eigenvalue weighted by Gasteiger charge is -2.23. The van der Waals surface area contributed by atoms with Crippen molar-refractivity contribution < 1.29 is 8.42 Å². The fourth-order valence-electron chi connectivity index (χ4n) is 2.31. The SMILES string of the molecule is Cc1nc(-c2ccc(S(=O)(=O)NC3CCCNC3)s2)cs1. The van der Waals surface area contributed by atoms with Crippen LogP contribution in [0.3, 0.4) is 0 Å². The molecule has 1 aliphatic heterocycles. The third-order valence-electron chi connectivity index (χ3n) is 3.34. The number of nitrogens with zero attached hydrogens (tertiary/aromatic N) is 1. The Hall–Kier alpha value is -0.800. The second-order valence-electron chi connectivity index (χ2n) is 5.04. The van der Waals surface area contributed by atoms with Crippen LogP contribution in [0, 0.1) is 6.92 Å². The van der Waals surface area contributed by atoms with Gasteiger partial charge in [0.1, 0.15) is 4.21 Å². The lowest BCUT2D eigenvalue weighted by Crippen LogP contribution is -2.45. The number of aryl methyl sites for hydroxylation is 1. The van der Waals surface area contributed by atoms with E-state index in [2.05, 4.69) is 15.0 Å². The predicted octanol–water partition coefficient (Wildman–Crippen LogP) is 2.21. The van der Waals surface area contributed by atoms with Gasteiger partial charge in [0.2, 0.25) is 10.0 Å². The molecule has 1 unspecified atom stereocenters. The number of hydrogen-bond acceptors (Lipinski definition) is 6. The van der Waals surface area contributed by atoms with Crippen LogP contribution in [0.5, 0.6) is 0 Å². The molecule has 3 rings (SSSR count). The normalized spacial score (nSPS) is 19.8. The van der Waals surface area contributed by atoms with Crippen LogP contribution in [0.25, 0.3) is 10.6 Å². The number of nitrogens with one attached hydrogen (secondary N) is 2. The van der Waals surface area contributed by atoms with E-state index >= 15 is 0 Å². The van der Waals surface area contributed by atoms with E-state index in [0.29, 0.717) is 10.8 Å². The molecule has 2 aromatic rings. The molecule has 0 amide bonds. The van der Waals surface area contributed by atoms with Crippen molar-refractivity contribution in [3.05, 3.63) is 22.5 Å². The van der Waals surface area contributed by atoms with Crippen molar-refractivity contribution in [3.8, 4) is 10.6 Å². The Morgan fingerprint density at radius 1 is 1.43 bits per heavy atom. The number of sulfonamides is 1. The molecule has 0 radical (unpaired) electrons. The molecule has 1 fully saturated rings. The minimum atomic E-state index is -3.44. The summed E-state index contributed by atoms with van der Waals surface area (Å²) in [4.78, 5) is 5.29. The molecule has 1 aliphatic rings. The van der Waals surface area contributed by atoms with Gasteiger partial charge in [-0.1, -0.05) is 0 Å². The fourth-order valence-corrected chi connectivity index (χ4v) is 5.55.